The molecule has 5 heteroatoms. The summed E-state index contributed by atoms with van der Waals surface area (Å²) in [5.74, 6) is 0. The van der Waals surface area contributed by atoms with E-state index in [0.29, 0.717) is 12.2 Å². The summed E-state index contributed by atoms with van der Waals surface area (Å²) in [7, 11) is 0. The number of anilines is 1. The molecule has 1 fully saturated rings. The molecule has 0 spiro atoms. The summed E-state index contributed by atoms with van der Waals surface area (Å²) in [6.45, 7) is 2.88. The maximum atomic E-state index is 12.8. The molecule has 0 radical (unpaired) electrons. The van der Waals surface area contributed by atoms with Gasteiger partial charge >= 0.3 is 6.18 Å². The van der Waals surface area contributed by atoms with Crippen LogP contribution in [0, 0.1) is 6.92 Å². The van der Waals surface area contributed by atoms with Crippen LogP contribution in [0.15, 0.2) is 18.2 Å². The Kier molecular flexibility index (Phi) is 3.52. The third-order valence-electron chi connectivity index (χ3n) is 3.35. The molecule has 1 saturated heterocycles. The molecule has 0 bridgehead atoms. The van der Waals surface area contributed by atoms with Crippen LogP contribution in [0.1, 0.15) is 24.0 Å². The van der Waals surface area contributed by atoms with Crippen LogP contribution in [-0.4, -0.2) is 19.1 Å². The average Bonchev–Trinajstić information content (AvgIpc) is 2.28. The molecule has 1 heterocycles. The SMILES string of the molecule is Cc1ccc(N2CCCC(N)C2)cc1C(F)(F)F. The Morgan fingerprint density at radius 1 is 1.33 bits per heavy atom. The van der Waals surface area contributed by atoms with Gasteiger partial charge in [0.15, 0.2) is 0 Å². The quantitative estimate of drug-likeness (QED) is 0.839. The first-order valence-electron chi connectivity index (χ1n) is 6.06. The molecule has 2 rings (SSSR count). The second-order valence-corrected chi connectivity index (χ2v) is 4.85. The zero-order valence-electron chi connectivity index (χ0n) is 10.3. The number of aryl methyl sites for hydroxylation is 1. The lowest BCUT2D eigenvalue weighted by Crippen LogP contribution is -2.42. The summed E-state index contributed by atoms with van der Waals surface area (Å²) in [6, 6.07) is 4.54. The number of nitrogens with zero attached hydrogens (tertiary/aromatic N) is 1. The highest BCUT2D eigenvalue weighted by Crippen LogP contribution is 2.34. The van der Waals surface area contributed by atoms with Crippen molar-refractivity contribution in [2.24, 2.45) is 5.73 Å². The molecule has 0 saturated carbocycles. The molecule has 1 aromatic carbocycles. The molecule has 0 aliphatic carbocycles. The zero-order chi connectivity index (χ0) is 13.3. The third kappa shape index (κ3) is 2.77. The van der Waals surface area contributed by atoms with Gasteiger partial charge in [0.2, 0.25) is 0 Å². The van der Waals surface area contributed by atoms with E-state index in [1.165, 1.54) is 19.1 Å². The summed E-state index contributed by atoms with van der Waals surface area (Å²) in [6.07, 6.45) is -2.43. The van der Waals surface area contributed by atoms with Gasteiger partial charge in [-0.3, -0.25) is 0 Å². The highest BCUT2D eigenvalue weighted by atomic mass is 19.4. The Hall–Kier alpha value is -1.23. The Morgan fingerprint density at radius 2 is 2.06 bits per heavy atom. The second-order valence-electron chi connectivity index (χ2n) is 4.85. The number of hydrogen-bond donors (Lipinski definition) is 1. The molecular weight excluding hydrogens is 241 g/mol. The Balaban J connectivity index is 2.29. The van der Waals surface area contributed by atoms with E-state index >= 15 is 0 Å². The summed E-state index contributed by atoms with van der Waals surface area (Å²) in [4.78, 5) is 1.93. The van der Waals surface area contributed by atoms with Crippen LogP contribution < -0.4 is 10.6 Å². The van der Waals surface area contributed by atoms with E-state index < -0.39 is 11.7 Å². The largest absolute Gasteiger partial charge is 0.416 e. The van der Waals surface area contributed by atoms with Crippen molar-refractivity contribution in [1.29, 1.82) is 0 Å². The van der Waals surface area contributed by atoms with Crippen molar-refractivity contribution in [1.82, 2.24) is 0 Å². The number of hydrogen-bond acceptors (Lipinski definition) is 2. The van der Waals surface area contributed by atoms with Gasteiger partial charge in [0.25, 0.3) is 0 Å². The molecule has 100 valence electrons. The first-order chi connectivity index (χ1) is 8.38. The molecule has 1 unspecified atom stereocenters. The van der Waals surface area contributed by atoms with E-state index in [0.717, 1.165) is 19.4 Å². The lowest BCUT2D eigenvalue weighted by molar-refractivity contribution is -0.138. The minimum atomic E-state index is -4.29. The number of nitrogens with two attached hydrogens (primary N) is 1. The molecule has 0 amide bonds. The van der Waals surface area contributed by atoms with Crippen molar-refractivity contribution in [3.8, 4) is 0 Å². The van der Waals surface area contributed by atoms with E-state index in [-0.39, 0.29) is 11.6 Å². The van der Waals surface area contributed by atoms with E-state index in [2.05, 4.69) is 0 Å². The fraction of sp³-hybridized carbons (Fsp3) is 0.538. The van der Waals surface area contributed by atoms with Crippen LogP contribution in [0.3, 0.4) is 0 Å². The monoisotopic (exact) mass is 258 g/mol. The standard InChI is InChI=1S/C13H17F3N2/c1-9-4-5-11(7-12(9)13(14,15)16)18-6-2-3-10(17)8-18/h4-5,7,10H,2-3,6,8,17H2,1H3. The molecular formula is C13H17F3N2. The van der Waals surface area contributed by atoms with Crippen molar-refractivity contribution in [3.63, 3.8) is 0 Å². The second kappa shape index (κ2) is 4.80. The number of benzene rings is 1. The van der Waals surface area contributed by atoms with Crippen LogP contribution in [0.4, 0.5) is 18.9 Å². The summed E-state index contributed by atoms with van der Waals surface area (Å²) in [5, 5.41) is 0. The number of piperidine rings is 1. The predicted octanol–water partition coefficient (Wildman–Crippen LogP) is 2.94. The summed E-state index contributed by atoms with van der Waals surface area (Å²) < 4.78 is 38.5. The molecule has 1 aliphatic rings. The molecule has 1 aliphatic heterocycles. The van der Waals surface area contributed by atoms with Crippen LogP contribution in [0.2, 0.25) is 0 Å². The fourth-order valence-corrected chi connectivity index (χ4v) is 2.36. The molecule has 1 atom stereocenters. The van der Waals surface area contributed by atoms with Gasteiger partial charge in [-0.1, -0.05) is 6.07 Å². The van der Waals surface area contributed by atoms with Gasteiger partial charge < -0.3 is 10.6 Å². The lowest BCUT2D eigenvalue weighted by atomic mass is 10.0. The van der Waals surface area contributed by atoms with Gasteiger partial charge in [-0.25, -0.2) is 0 Å². The van der Waals surface area contributed by atoms with Crippen LogP contribution in [-0.2, 0) is 6.18 Å². The van der Waals surface area contributed by atoms with Crippen molar-refractivity contribution in [2.45, 2.75) is 32.0 Å². The Labute approximate surface area is 105 Å². The normalized spacial score (nSPS) is 21.2. The predicted molar refractivity (Wildman–Crippen MR) is 65.6 cm³/mol. The van der Waals surface area contributed by atoms with Gasteiger partial charge in [-0.05, 0) is 37.5 Å². The third-order valence-corrected chi connectivity index (χ3v) is 3.35. The van der Waals surface area contributed by atoms with Gasteiger partial charge in [-0.2, -0.15) is 13.2 Å². The first kappa shape index (κ1) is 13.2. The lowest BCUT2D eigenvalue weighted by Gasteiger charge is -2.33. The molecule has 0 aromatic heterocycles. The molecule has 2 nitrogen and oxygen atoms in total. The fourth-order valence-electron chi connectivity index (χ4n) is 2.36. The van der Waals surface area contributed by atoms with Crippen LogP contribution in [0.5, 0.6) is 0 Å². The van der Waals surface area contributed by atoms with Crippen molar-refractivity contribution >= 4 is 5.69 Å². The van der Waals surface area contributed by atoms with Gasteiger partial charge in [-0.15, -0.1) is 0 Å². The van der Waals surface area contributed by atoms with E-state index in [1.54, 1.807) is 6.07 Å². The maximum absolute atomic E-state index is 12.8. The van der Waals surface area contributed by atoms with Gasteiger partial charge in [0.05, 0.1) is 5.56 Å². The van der Waals surface area contributed by atoms with E-state index in [4.69, 9.17) is 5.73 Å². The molecule has 1 aromatic rings. The highest BCUT2D eigenvalue weighted by Gasteiger charge is 2.33. The smallest absolute Gasteiger partial charge is 0.370 e. The van der Waals surface area contributed by atoms with Crippen molar-refractivity contribution < 1.29 is 13.2 Å². The number of halogens is 3. The topological polar surface area (TPSA) is 29.3 Å². The Bertz CT molecular complexity index is 429. The van der Waals surface area contributed by atoms with Gasteiger partial charge in [0.1, 0.15) is 0 Å². The summed E-state index contributed by atoms with van der Waals surface area (Å²) >= 11 is 0. The van der Waals surface area contributed by atoms with Crippen molar-refractivity contribution in [3.05, 3.63) is 29.3 Å². The number of alkyl halides is 3. The van der Waals surface area contributed by atoms with E-state index in [9.17, 15) is 13.2 Å². The average molecular weight is 258 g/mol. The number of rotatable bonds is 1. The highest BCUT2D eigenvalue weighted by molar-refractivity contribution is 5.52. The van der Waals surface area contributed by atoms with Crippen LogP contribution in [0.25, 0.3) is 0 Å². The van der Waals surface area contributed by atoms with E-state index in [1.807, 2.05) is 4.90 Å². The van der Waals surface area contributed by atoms with Crippen LogP contribution >= 0.6 is 0 Å². The minimum absolute atomic E-state index is 0.0504. The minimum Gasteiger partial charge on any atom is -0.370 e. The first-order valence-corrected chi connectivity index (χ1v) is 6.06. The van der Waals surface area contributed by atoms with Gasteiger partial charge in [0, 0.05) is 24.8 Å². The Morgan fingerprint density at radius 3 is 2.67 bits per heavy atom. The maximum Gasteiger partial charge on any atom is 0.416 e. The molecule has 18 heavy (non-hydrogen) atoms. The molecule has 2 N–H and O–H groups in total. The summed E-state index contributed by atoms with van der Waals surface area (Å²) in [5.41, 5.74) is 6.17. The zero-order valence-corrected chi connectivity index (χ0v) is 10.3. The van der Waals surface area contributed by atoms with Crippen molar-refractivity contribution in [2.75, 3.05) is 18.0 Å².